The van der Waals surface area contributed by atoms with E-state index in [0.717, 1.165) is 17.0 Å². The summed E-state index contributed by atoms with van der Waals surface area (Å²) in [6.07, 6.45) is 1.85. The van der Waals surface area contributed by atoms with Gasteiger partial charge in [0, 0.05) is 11.6 Å². The Morgan fingerprint density at radius 1 is 1.20 bits per heavy atom. The van der Waals surface area contributed by atoms with Gasteiger partial charge in [0.1, 0.15) is 23.4 Å². The Hall–Kier alpha value is -3.41. The van der Waals surface area contributed by atoms with Gasteiger partial charge in [0.25, 0.3) is 0 Å². The molecular formula is C19H14N2O4. The van der Waals surface area contributed by atoms with Crippen molar-refractivity contribution in [3.8, 4) is 0 Å². The Morgan fingerprint density at radius 2 is 2.00 bits per heavy atom. The number of esters is 1. The highest BCUT2D eigenvalue weighted by Gasteiger charge is 2.17. The number of pyridine rings is 1. The number of ether oxygens (including phenoxy) is 1. The Labute approximate surface area is 142 Å². The number of nitrogens with zero attached hydrogens (tertiary/aromatic N) is 2. The zero-order valence-electron chi connectivity index (χ0n) is 13.4. The predicted octanol–water partition coefficient (Wildman–Crippen LogP) is 3.11. The van der Waals surface area contributed by atoms with Gasteiger partial charge in [0.05, 0.1) is 11.4 Å². The van der Waals surface area contributed by atoms with Crippen molar-refractivity contribution in [3.05, 3.63) is 82.1 Å². The molecule has 0 amide bonds. The van der Waals surface area contributed by atoms with Crippen molar-refractivity contribution in [1.29, 1.82) is 0 Å². The van der Waals surface area contributed by atoms with Crippen molar-refractivity contribution >= 4 is 22.6 Å². The maximum Gasteiger partial charge on any atom is 0.351 e. The molecule has 3 heterocycles. The van der Waals surface area contributed by atoms with Gasteiger partial charge >= 0.3 is 11.6 Å². The van der Waals surface area contributed by atoms with Crippen molar-refractivity contribution in [2.75, 3.05) is 0 Å². The topological polar surface area (TPSA) is 73.8 Å². The molecule has 4 aromatic rings. The molecule has 25 heavy (non-hydrogen) atoms. The lowest BCUT2D eigenvalue weighted by molar-refractivity contribution is 0.0461. The largest absolute Gasteiger partial charge is 0.455 e. The van der Waals surface area contributed by atoms with E-state index in [0.29, 0.717) is 11.0 Å². The lowest BCUT2D eigenvalue weighted by atomic mass is 10.2. The van der Waals surface area contributed by atoms with Gasteiger partial charge in [0.2, 0.25) is 0 Å². The van der Waals surface area contributed by atoms with Crippen LogP contribution in [-0.4, -0.2) is 15.4 Å². The highest BCUT2D eigenvalue weighted by Crippen LogP contribution is 2.15. The molecule has 3 aromatic heterocycles. The van der Waals surface area contributed by atoms with Crippen molar-refractivity contribution in [2.45, 2.75) is 13.5 Å². The zero-order chi connectivity index (χ0) is 17.4. The minimum absolute atomic E-state index is 0.0160. The van der Waals surface area contributed by atoms with Gasteiger partial charge in [-0.1, -0.05) is 24.3 Å². The van der Waals surface area contributed by atoms with E-state index in [4.69, 9.17) is 9.15 Å². The molecule has 0 fully saturated rings. The molecule has 0 atom stereocenters. The van der Waals surface area contributed by atoms with Crippen LogP contribution in [0.25, 0.3) is 16.6 Å². The molecule has 0 N–H and O–H groups in total. The third kappa shape index (κ3) is 2.67. The third-order valence-corrected chi connectivity index (χ3v) is 4.03. The SMILES string of the molecule is Cc1nc2ccccn2c1COC(=O)c1cc2ccccc2oc1=O. The zero-order valence-corrected chi connectivity index (χ0v) is 13.4. The molecule has 0 spiro atoms. The van der Waals surface area contributed by atoms with Gasteiger partial charge in [0.15, 0.2) is 0 Å². The van der Waals surface area contributed by atoms with E-state index in [-0.39, 0.29) is 12.2 Å². The summed E-state index contributed by atoms with van der Waals surface area (Å²) in [5.74, 6) is -0.718. The van der Waals surface area contributed by atoms with Gasteiger partial charge in [-0.05, 0) is 31.2 Å². The number of carbonyl (C=O) groups is 1. The van der Waals surface area contributed by atoms with Crippen molar-refractivity contribution in [3.63, 3.8) is 0 Å². The Bertz CT molecular complexity index is 1160. The van der Waals surface area contributed by atoms with Crippen molar-refractivity contribution in [2.24, 2.45) is 0 Å². The predicted molar refractivity (Wildman–Crippen MR) is 91.5 cm³/mol. The Morgan fingerprint density at radius 3 is 2.88 bits per heavy atom. The van der Waals surface area contributed by atoms with Crippen LogP contribution >= 0.6 is 0 Å². The Balaban J connectivity index is 1.63. The molecule has 0 saturated heterocycles. The smallest absolute Gasteiger partial charge is 0.351 e. The Kier molecular flexibility index (Phi) is 3.57. The summed E-state index contributed by atoms with van der Waals surface area (Å²) in [5, 5.41) is 0.667. The number of carbonyl (C=O) groups excluding carboxylic acids is 1. The summed E-state index contributed by atoms with van der Waals surface area (Å²) < 4.78 is 12.4. The van der Waals surface area contributed by atoms with E-state index >= 15 is 0 Å². The second kappa shape index (κ2) is 5.90. The van der Waals surface area contributed by atoms with Crippen LogP contribution in [0.4, 0.5) is 0 Å². The second-order valence-corrected chi connectivity index (χ2v) is 5.63. The molecule has 0 unspecified atom stereocenters. The number of benzene rings is 1. The molecule has 0 saturated carbocycles. The molecule has 6 heteroatoms. The van der Waals surface area contributed by atoms with Gasteiger partial charge in [-0.2, -0.15) is 0 Å². The standard InChI is InChI=1S/C19H14N2O4/c1-12-15(21-9-5-4-8-17(21)20-12)11-24-18(22)14-10-13-6-2-3-7-16(13)25-19(14)23/h2-10H,11H2,1H3. The fraction of sp³-hybridized carbons (Fsp3) is 0.105. The van der Waals surface area contributed by atoms with E-state index in [1.165, 1.54) is 6.07 Å². The molecular weight excluding hydrogens is 320 g/mol. The van der Waals surface area contributed by atoms with Crippen LogP contribution in [0.15, 0.2) is 63.9 Å². The highest BCUT2D eigenvalue weighted by molar-refractivity contribution is 5.92. The summed E-state index contributed by atoms with van der Waals surface area (Å²) in [4.78, 5) is 28.8. The summed E-state index contributed by atoms with van der Waals surface area (Å²) >= 11 is 0. The number of para-hydroxylation sites is 1. The molecule has 124 valence electrons. The average molecular weight is 334 g/mol. The highest BCUT2D eigenvalue weighted by atomic mass is 16.5. The fourth-order valence-electron chi connectivity index (χ4n) is 2.75. The molecule has 6 nitrogen and oxygen atoms in total. The van der Waals surface area contributed by atoms with Crippen LogP contribution in [0.5, 0.6) is 0 Å². The van der Waals surface area contributed by atoms with E-state index in [1.807, 2.05) is 35.7 Å². The number of fused-ring (bicyclic) bond motifs is 2. The molecule has 0 radical (unpaired) electrons. The van der Waals surface area contributed by atoms with Crippen LogP contribution in [0.2, 0.25) is 0 Å². The van der Waals surface area contributed by atoms with Crippen LogP contribution in [0.1, 0.15) is 21.7 Å². The first-order valence-corrected chi connectivity index (χ1v) is 7.76. The first-order valence-electron chi connectivity index (χ1n) is 7.76. The molecule has 4 rings (SSSR count). The summed E-state index contributed by atoms with van der Waals surface area (Å²) in [6, 6.07) is 14.1. The molecule has 0 aliphatic rings. The molecule has 0 aliphatic heterocycles. The van der Waals surface area contributed by atoms with E-state index in [2.05, 4.69) is 4.98 Å². The molecule has 0 aliphatic carbocycles. The lowest BCUT2D eigenvalue weighted by Gasteiger charge is -2.06. The molecule has 0 bridgehead atoms. The van der Waals surface area contributed by atoms with E-state index in [9.17, 15) is 9.59 Å². The number of rotatable bonds is 3. The monoisotopic (exact) mass is 334 g/mol. The van der Waals surface area contributed by atoms with Crippen LogP contribution in [0, 0.1) is 6.92 Å². The van der Waals surface area contributed by atoms with Crippen LogP contribution in [0.3, 0.4) is 0 Å². The van der Waals surface area contributed by atoms with Crippen molar-refractivity contribution < 1.29 is 13.9 Å². The first-order chi connectivity index (χ1) is 12.1. The lowest BCUT2D eigenvalue weighted by Crippen LogP contribution is -2.17. The second-order valence-electron chi connectivity index (χ2n) is 5.63. The normalized spacial score (nSPS) is 11.1. The number of aromatic nitrogens is 2. The number of aryl methyl sites for hydroxylation is 1. The quantitative estimate of drug-likeness (QED) is 0.425. The number of hydrogen-bond donors (Lipinski definition) is 0. The number of imidazole rings is 1. The molecule has 1 aromatic carbocycles. The van der Waals surface area contributed by atoms with Gasteiger partial charge in [-0.25, -0.2) is 14.6 Å². The third-order valence-electron chi connectivity index (χ3n) is 4.03. The minimum atomic E-state index is -0.718. The summed E-state index contributed by atoms with van der Waals surface area (Å²) in [7, 11) is 0. The average Bonchev–Trinajstić information content (AvgIpc) is 2.94. The number of hydrogen-bond acceptors (Lipinski definition) is 5. The van der Waals surface area contributed by atoms with Crippen LogP contribution in [-0.2, 0) is 11.3 Å². The summed E-state index contributed by atoms with van der Waals surface area (Å²) in [5.41, 5.74) is 1.90. The van der Waals surface area contributed by atoms with Gasteiger partial charge in [-0.15, -0.1) is 0 Å². The first kappa shape index (κ1) is 15.1. The van der Waals surface area contributed by atoms with E-state index < -0.39 is 11.6 Å². The maximum atomic E-state index is 12.3. The van der Waals surface area contributed by atoms with E-state index in [1.54, 1.807) is 24.3 Å². The van der Waals surface area contributed by atoms with Crippen LogP contribution < -0.4 is 5.63 Å². The van der Waals surface area contributed by atoms with Gasteiger partial charge in [-0.3, -0.25) is 0 Å². The maximum absolute atomic E-state index is 12.3. The fourth-order valence-corrected chi connectivity index (χ4v) is 2.75. The van der Waals surface area contributed by atoms with Gasteiger partial charge < -0.3 is 13.6 Å². The minimum Gasteiger partial charge on any atom is -0.455 e. The van der Waals surface area contributed by atoms with Crippen molar-refractivity contribution in [1.82, 2.24) is 9.38 Å². The summed E-state index contributed by atoms with van der Waals surface area (Å²) in [6.45, 7) is 1.86.